The van der Waals surface area contributed by atoms with Crippen LogP contribution < -0.4 is 5.32 Å². The van der Waals surface area contributed by atoms with E-state index in [1.54, 1.807) is 30.3 Å². The van der Waals surface area contributed by atoms with Crippen molar-refractivity contribution in [2.75, 3.05) is 18.4 Å². The van der Waals surface area contributed by atoms with Crippen LogP contribution in [0.4, 0.5) is 18.9 Å². The minimum absolute atomic E-state index is 0.00678. The van der Waals surface area contributed by atoms with Gasteiger partial charge in [0.15, 0.2) is 0 Å². The third-order valence-electron chi connectivity index (χ3n) is 6.69. The number of fused-ring (bicyclic) bond motifs is 1. The maximum absolute atomic E-state index is 13.8. The number of nitrogens with zero attached hydrogens (tertiary/aromatic N) is 1. The van der Waals surface area contributed by atoms with Gasteiger partial charge in [-0.2, -0.15) is 13.2 Å². The van der Waals surface area contributed by atoms with Gasteiger partial charge in [0.25, 0.3) is 0 Å². The van der Waals surface area contributed by atoms with Crippen molar-refractivity contribution in [2.45, 2.75) is 24.9 Å². The summed E-state index contributed by atoms with van der Waals surface area (Å²) in [5.41, 5.74) is 1.73. The number of rotatable bonds is 3. The number of piperidine rings is 1. The van der Waals surface area contributed by atoms with Gasteiger partial charge < -0.3 is 15.2 Å². The summed E-state index contributed by atoms with van der Waals surface area (Å²) < 4.78 is 41.3. The number of amides is 2. The fourth-order valence-corrected chi connectivity index (χ4v) is 4.80. The largest absolute Gasteiger partial charge is 0.417 e. The smallest absolute Gasteiger partial charge is 0.361 e. The highest BCUT2D eigenvalue weighted by molar-refractivity contribution is 6.39. The number of hydrogen-bond acceptors (Lipinski definition) is 2. The molecule has 1 saturated heterocycles. The summed E-state index contributed by atoms with van der Waals surface area (Å²) in [5, 5.41) is 3.48. The molecule has 0 saturated carbocycles. The fraction of sp³-hybridized carbons (Fsp3) is 0.214. The minimum Gasteiger partial charge on any atom is -0.361 e. The number of carbonyl (C=O) groups excluding carboxylic acids is 2. The number of alkyl halides is 3. The topological polar surface area (TPSA) is 65.2 Å². The highest BCUT2D eigenvalue weighted by Gasteiger charge is 2.34. The van der Waals surface area contributed by atoms with Gasteiger partial charge in [-0.05, 0) is 71.2 Å². The minimum atomic E-state index is -4.62. The van der Waals surface area contributed by atoms with Crippen molar-refractivity contribution in [1.29, 1.82) is 0 Å². The van der Waals surface area contributed by atoms with Crippen LogP contribution >= 0.6 is 0 Å². The van der Waals surface area contributed by atoms with Gasteiger partial charge >= 0.3 is 18.0 Å². The van der Waals surface area contributed by atoms with E-state index in [2.05, 4.69) is 22.4 Å². The first-order chi connectivity index (χ1) is 17.3. The second-order valence-electron chi connectivity index (χ2n) is 8.97. The molecular formula is C28H24F3N3O2. The molecule has 4 aromatic rings. The highest BCUT2D eigenvalue weighted by atomic mass is 19.4. The van der Waals surface area contributed by atoms with Crippen molar-refractivity contribution in [3.63, 3.8) is 0 Å². The average molecular weight is 492 g/mol. The van der Waals surface area contributed by atoms with Crippen LogP contribution in [0.15, 0.2) is 79.0 Å². The second kappa shape index (κ2) is 9.53. The molecule has 2 heterocycles. The lowest BCUT2D eigenvalue weighted by Gasteiger charge is -2.31. The third-order valence-corrected chi connectivity index (χ3v) is 6.69. The molecule has 184 valence electrons. The molecule has 0 bridgehead atoms. The predicted molar refractivity (Wildman–Crippen MR) is 132 cm³/mol. The lowest BCUT2D eigenvalue weighted by Crippen LogP contribution is -2.43. The molecule has 1 aromatic heterocycles. The molecule has 3 aromatic carbocycles. The standard InChI is InChI=1S/C28H24F3N3O2/c29-28(30,31)24-17-22(7-8-23(24)19-4-2-1-3-5-19)33-26(35)27(36)34-14-11-18(12-15-34)20-6-9-25-21(16-20)10-13-32-25/h1-10,13,16-18,32H,11-12,14-15H2,(H,33,35). The molecule has 0 radical (unpaired) electrons. The third kappa shape index (κ3) is 4.84. The lowest BCUT2D eigenvalue weighted by molar-refractivity contribution is -0.143. The number of aromatic amines is 1. The molecule has 0 aliphatic carbocycles. The quantitative estimate of drug-likeness (QED) is 0.335. The van der Waals surface area contributed by atoms with E-state index < -0.39 is 23.6 Å². The summed E-state index contributed by atoms with van der Waals surface area (Å²) in [7, 11) is 0. The van der Waals surface area contributed by atoms with Crippen LogP contribution in [0.5, 0.6) is 0 Å². The molecule has 0 unspecified atom stereocenters. The van der Waals surface area contributed by atoms with Gasteiger partial charge in [-0.15, -0.1) is 0 Å². The molecule has 5 rings (SSSR count). The number of nitrogens with one attached hydrogen (secondary N) is 2. The molecule has 1 aliphatic heterocycles. The molecule has 1 aliphatic rings. The molecule has 0 spiro atoms. The van der Waals surface area contributed by atoms with E-state index in [1.165, 1.54) is 22.6 Å². The summed E-state index contributed by atoms with van der Waals surface area (Å²) in [6, 6.07) is 20.0. The Kier molecular flexibility index (Phi) is 6.26. The van der Waals surface area contributed by atoms with Gasteiger partial charge in [0.2, 0.25) is 0 Å². The number of benzene rings is 3. The van der Waals surface area contributed by atoms with Gasteiger partial charge in [0.05, 0.1) is 5.56 Å². The van der Waals surface area contributed by atoms with Crippen molar-refractivity contribution in [3.05, 3.63) is 90.1 Å². The van der Waals surface area contributed by atoms with E-state index >= 15 is 0 Å². The van der Waals surface area contributed by atoms with Crippen molar-refractivity contribution in [2.24, 2.45) is 0 Å². The van der Waals surface area contributed by atoms with E-state index in [1.807, 2.05) is 18.3 Å². The van der Waals surface area contributed by atoms with E-state index in [-0.39, 0.29) is 17.2 Å². The van der Waals surface area contributed by atoms with E-state index in [0.29, 0.717) is 31.5 Å². The van der Waals surface area contributed by atoms with Crippen LogP contribution in [0, 0.1) is 0 Å². The van der Waals surface area contributed by atoms with Crippen LogP contribution in [0.3, 0.4) is 0 Å². The molecule has 0 atom stereocenters. The van der Waals surface area contributed by atoms with E-state index in [0.717, 1.165) is 17.0 Å². The normalized spacial score (nSPS) is 14.7. The number of hydrogen-bond donors (Lipinski definition) is 2. The molecular weight excluding hydrogens is 467 g/mol. The summed E-state index contributed by atoms with van der Waals surface area (Å²) in [6.07, 6.45) is -1.32. The number of carbonyl (C=O) groups is 2. The predicted octanol–water partition coefficient (Wildman–Crippen LogP) is 6.20. The Morgan fingerprint density at radius 1 is 0.917 bits per heavy atom. The Morgan fingerprint density at radius 3 is 2.39 bits per heavy atom. The molecule has 5 nitrogen and oxygen atoms in total. The average Bonchev–Trinajstić information content (AvgIpc) is 3.36. The first-order valence-corrected chi connectivity index (χ1v) is 11.7. The second-order valence-corrected chi connectivity index (χ2v) is 8.97. The Labute approximate surface area is 205 Å². The fourth-order valence-electron chi connectivity index (χ4n) is 4.80. The Balaban J connectivity index is 1.25. The van der Waals surface area contributed by atoms with Gasteiger partial charge in [-0.3, -0.25) is 9.59 Å². The van der Waals surface area contributed by atoms with Crippen molar-refractivity contribution in [1.82, 2.24) is 9.88 Å². The monoisotopic (exact) mass is 491 g/mol. The summed E-state index contributed by atoms with van der Waals surface area (Å²) in [5.74, 6) is -1.41. The first-order valence-electron chi connectivity index (χ1n) is 11.7. The Morgan fingerprint density at radius 2 is 1.67 bits per heavy atom. The van der Waals surface area contributed by atoms with Crippen LogP contribution in [-0.4, -0.2) is 34.8 Å². The van der Waals surface area contributed by atoms with Crippen LogP contribution in [0.1, 0.15) is 29.9 Å². The zero-order valence-corrected chi connectivity index (χ0v) is 19.3. The van der Waals surface area contributed by atoms with Crippen LogP contribution in [-0.2, 0) is 15.8 Å². The zero-order valence-electron chi connectivity index (χ0n) is 19.3. The van der Waals surface area contributed by atoms with Crippen LogP contribution in [0.2, 0.25) is 0 Å². The van der Waals surface area contributed by atoms with Crippen molar-refractivity contribution in [3.8, 4) is 11.1 Å². The highest BCUT2D eigenvalue weighted by Crippen LogP contribution is 2.38. The number of H-pyrrole nitrogens is 1. The molecule has 2 amide bonds. The zero-order chi connectivity index (χ0) is 25.3. The van der Waals surface area contributed by atoms with Crippen LogP contribution in [0.25, 0.3) is 22.0 Å². The van der Waals surface area contributed by atoms with Crippen molar-refractivity contribution >= 4 is 28.4 Å². The first kappa shape index (κ1) is 23.7. The number of halogens is 3. The summed E-state index contributed by atoms with van der Waals surface area (Å²) in [6.45, 7) is 0.811. The maximum Gasteiger partial charge on any atom is 0.417 e. The summed E-state index contributed by atoms with van der Waals surface area (Å²) >= 11 is 0. The lowest BCUT2D eigenvalue weighted by atomic mass is 9.89. The van der Waals surface area contributed by atoms with Gasteiger partial charge in [-0.1, -0.05) is 42.5 Å². The summed E-state index contributed by atoms with van der Waals surface area (Å²) in [4.78, 5) is 30.0. The number of anilines is 1. The number of likely N-dealkylation sites (tertiary alicyclic amines) is 1. The molecule has 36 heavy (non-hydrogen) atoms. The van der Waals surface area contributed by atoms with Crippen molar-refractivity contribution < 1.29 is 22.8 Å². The van der Waals surface area contributed by atoms with Gasteiger partial charge in [-0.25, -0.2) is 0 Å². The Bertz CT molecular complexity index is 1400. The molecule has 2 N–H and O–H groups in total. The van der Waals surface area contributed by atoms with Gasteiger partial charge in [0.1, 0.15) is 0 Å². The SMILES string of the molecule is O=C(Nc1ccc(-c2ccccc2)c(C(F)(F)F)c1)C(=O)N1CCC(c2ccc3[nH]ccc3c2)CC1. The maximum atomic E-state index is 13.8. The van der Waals surface area contributed by atoms with E-state index in [9.17, 15) is 22.8 Å². The van der Waals surface area contributed by atoms with E-state index in [4.69, 9.17) is 0 Å². The number of aromatic nitrogens is 1. The molecule has 8 heteroatoms. The van der Waals surface area contributed by atoms with Gasteiger partial charge in [0, 0.05) is 30.5 Å². The molecule has 1 fully saturated rings. The Hall–Kier alpha value is -4.07.